The van der Waals surface area contributed by atoms with E-state index in [4.69, 9.17) is 18.9 Å². The van der Waals surface area contributed by atoms with Gasteiger partial charge in [-0.05, 0) is 42.8 Å². The van der Waals surface area contributed by atoms with Crippen LogP contribution in [0.2, 0.25) is 0 Å². The number of hydrogen-bond donors (Lipinski definition) is 1. The molecule has 7 nitrogen and oxygen atoms in total. The van der Waals surface area contributed by atoms with Crippen LogP contribution in [0.5, 0.6) is 23.0 Å². The first-order valence-corrected chi connectivity index (χ1v) is 8.28. The summed E-state index contributed by atoms with van der Waals surface area (Å²) in [7, 11) is 6.26. The normalized spacial score (nSPS) is 10.9. The van der Waals surface area contributed by atoms with Gasteiger partial charge < -0.3 is 18.9 Å². The van der Waals surface area contributed by atoms with Crippen molar-refractivity contribution in [2.75, 3.05) is 28.4 Å². The molecule has 2 rings (SSSR count). The predicted octanol–water partition coefficient (Wildman–Crippen LogP) is 2.80. The van der Waals surface area contributed by atoms with Crippen molar-refractivity contribution >= 4 is 11.6 Å². The second kappa shape index (κ2) is 9.47. The molecule has 0 heterocycles. The average Bonchev–Trinajstić information content (AvgIpc) is 2.71. The van der Waals surface area contributed by atoms with Gasteiger partial charge in [-0.25, -0.2) is 5.43 Å². The largest absolute Gasteiger partial charge is 0.493 e. The van der Waals surface area contributed by atoms with Gasteiger partial charge in [0.25, 0.3) is 0 Å². The van der Waals surface area contributed by atoms with Crippen LogP contribution in [-0.4, -0.2) is 40.1 Å². The van der Waals surface area contributed by atoms with E-state index >= 15 is 0 Å². The van der Waals surface area contributed by atoms with Crippen molar-refractivity contribution in [1.29, 1.82) is 0 Å². The summed E-state index contributed by atoms with van der Waals surface area (Å²) in [6.45, 7) is 1.80. The predicted molar refractivity (Wildman–Crippen MR) is 103 cm³/mol. The lowest BCUT2D eigenvalue weighted by Gasteiger charge is -2.10. The molecule has 1 amide bonds. The average molecular weight is 372 g/mol. The lowest BCUT2D eigenvalue weighted by Crippen LogP contribution is -2.21. The number of ether oxygens (including phenoxy) is 4. The van der Waals surface area contributed by atoms with Gasteiger partial charge in [0.05, 0.1) is 40.6 Å². The number of nitrogens with zero attached hydrogens (tertiary/aromatic N) is 1. The maximum Gasteiger partial charge on any atom is 0.244 e. The Morgan fingerprint density at radius 2 is 1.41 bits per heavy atom. The van der Waals surface area contributed by atoms with E-state index in [0.717, 1.165) is 11.1 Å². The van der Waals surface area contributed by atoms with Crippen LogP contribution in [0.3, 0.4) is 0 Å². The van der Waals surface area contributed by atoms with Crippen molar-refractivity contribution in [1.82, 2.24) is 5.43 Å². The summed E-state index contributed by atoms with van der Waals surface area (Å²) in [5, 5.41) is 4.16. The Balaban J connectivity index is 2.05. The Bertz CT molecular complexity index is 833. The van der Waals surface area contributed by atoms with Crippen LogP contribution >= 0.6 is 0 Å². The van der Waals surface area contributed by atoms with Crippen molar-refractivity contribution in [3.05, 3.63) is 47.5 Å². The Kier molecular flexibility index (Phi) is 7.05. The minimum atomic E-state index is -0.234. The molecule has 2 aromatic carbocycles. The van der Waals surface area contributed by atoms with Crippen LogP contribution in [-0.2, 0) is 11.2 Å². The van der Waals surface area contributed by atoms with Gasteiger partial charge in [-0.2, -0.15) is 5.10 Å². The zero-order valence-electron chi connectivity index (χ0n) is 16.2. The number of hydrogen-bond acceptors (Lipinski definition) is 6. The fourth-order valence-corrected chi connectivity index (χ4v) is 2.49. The first-order chi connectivity index (χ1) is 13.0. The quantitative estimate of drug-likeness (QED) is 0.569. The number of rotatable bonds is 8. The standard InChI is InChI=1S/C20H24N2O5/c1-13(15-7-9-17(25-3)19(12-15)27-5)21-22-20(23)11-14-6-8-16(24-2)18(10-14)26-4/h6-10,12H,11H2,1-5H3,(H,22,23)/b21-13-. The molecule has 0 aliphatic carbocycles. The van der Waals surface area contributed by atoms with E-state index in [1.807, 2.05) is 12.1 Å². The minimum Gasteiger partial charge on any atom is -0.493 e. The minimum absolute atomic E-state index is 0.170. The van der Waals surface area contributed by atoms with E-state index in [1.165, 1.54) is 0 Å². The zero-order valence-corrected chi connectivity index (χ0v) is 16.2. The van der Waals surface area contributed by atoms with Gasteiger partial charge in [-0.15, -0.1) is 0 Å². The molecular formula is C20H24N2O5. The fourth-order valence-electron chi connectivity index (χ4n) is 2.49. The van der Waals surface area contributed by atoms with E-state index in [1.54, 1.807) is 59.6 Å². The van der Waals surface area contributed by atoms with E-state index in [-0.39, 0.29) is 12.3 Å². The van der Waals surface area contributed by atoms with Crippen LogP contribution < -0.4 is 24.4 Å². The molecule has 0 aromatic heterocycles. The van der Waals surface area contributed by atoms with E-state index in [2.05, 4.69) is 10.5 Å². The van der Waals surface area contributed by atoms with Gasteiger partial charge in [0.1, 0.15) is 0 Å². The van der Waals surface area contributed by atoms with Crippen molar-refractivity contribution in [3.8, 4) is 23.0 Å². The topological polar surface area (TPSA) is 78.4 Å². The molecule has 0 radical (unpaired) electrons. The number of nitrogens with one attached hydrogen (secondary N) is 1. The highest BCUT2D eigenvalue weighted by atomic mass is 16.5. The third-order valence-corrected chi connectivity index (χ3v) is 3.96. The van der Waals surface area contributed by atoms with Gasteiger partial charge in [-0.3, -0.25) is 4.79 Å². The van der Waals surface area contributed by atoms with E-state index in [9.17, 15) is 4.79 Å². The highest BCUT2D eigenvalue weighted by Gasteiger charge is 2.09. The number of benzene rings is 2. The summed E-state index contributed by atoms with van der Waals surface area (Å²) in [6.07, 6.45) is 0.170. The second-order valence-corrected chi connectivity index (χ2v) is 5.67. The highest BCUT2D eigenvalue weighted by Crippen LogP contribution is 2.28. The number of hydrazone groups is 1. The Hall–Kier alpha value is -3.22. The van der Waals surface area contributed by atoms with Gasteiger partial charge >= 0.3 is 0 Å². The van der Waals surface area contributed by atoms with Crippen molar-refractivity contribution in [3.63, 3.8) is 0 Å². The van der Waals surface area contributed by atoms with E-state index < -0.39 is 0 Å². The molecule has 0 unspecified atom stereocenters. The maximum atomic E-state index is 12.2. The molecule has 0 fully saturated rings. The van der Waals surface area contributed by atoms with E-state index in [0.29, 0.717) is 28.7 Å². The third kappa shape index (κ3) is 5.13. The van der Waals surface area contributed by atoms with Crippen LogP contribution in [0.4, 0.5) is 0 Å². The summed E-state index contributed by atoms with van der Waals surface area (Å²) < 4.78 is 20.9. The molecule has 0 saturated carbocycles. The van der Waals surface area contributed by atoms with Gasteiger partial charge in [0, 0.05) is 5.56 Å². The Morgan fingerprint density at radius 1 is 0.852 bits per heavy atom. The SMILES string of the molecule is COc1ccc(CC(=O)N/N=C(/C)c2ccc(OC)c(OC)c2)cc1OC. The molecule has 1 N–H and O–H groups in total. The summed E-state index contributed by atoms with van der Waals surface area (Å²) >= 11 is 0. The lowest BCUT2D eigenvalue weighted by molar-refractivity contribution is -0.120. The van der Waals surface area contributed by atoms with Gasteiger partial charge in [0.2, 0.25) is 5.91 Å². The highest BCUT2D eigenvalue weighted by molar-refractivity contribution is 5.99. The van der Waals surface area contributed by atoms with Crippen molar-refractivity contribution < 1.29 is 23.7 Å². The Labute approximate surface area is 158 Å². The number of methoxy groups -OCH3 is 4. The zero-order chi connectivity index (χ0) is 19.8. The lowest BCUT2D eigenvalue weighted by atomic mass is 10.1. The molecule has 0 saturated heterocycles. The van der Waals surface area contributed by atoms with Crippen LogP contribution in [0, 0.1) is 0 Å². The van der Waals surface area contributed by atoms with Gasteiger partial charge in [-0.1, -0.05) is 6.07 Å². The monoisotopic (exact) mass is 372 g/mol. The third-order valence-electron chi connectivity index (χ3n) is 3.96. The number of amides is 1. The second-order valence-electron chi connectivity index (χ2n) is 5.67. The molecule has 7 heteroatoms. The van der Waals surface area contributed by atoms with Crippen molar-refractivity contribution in [2.24, 2.45) is 5.10 Å². The molecule has 0 aliphatic heterocycles. The van der Waals surface area contributed by atoms with Crippen LogP contribution in [0.25, 0.3) is 0 Å². The first-order valence-electron chi connectivity index (χ1n) is 8.28. The molecule has 0 aliphatic rings. The molecule has 0 spiro atoms. The van der Waals surface area contributed by atoms with Crippen LogP contribution in [0.1, 0.15) is 18.1 Å². The van der Waals surface area contributed by atoms with Gasteiger partial charge in [0.15, 0.2) is 23.0 Å². The molecule has 2 aromatic rings. The molecule has 27 heavy (non-hydrogen) atoms. The molecule has 0 atom stereocenters. The summed E-state index contributed by atoms with van der Waals surface area (Å²) in [5.41, 5.74) is 4.83. The van der Waals surface area contributed by atoms with Crippen LogP contribution in [0.15, 0.2) is 41.5 Å². The summed E-state index contributed by atoms with van der Waals surface area (Å²) in [5.74, 6) is 2.19. The Morgan fingerprint density at radius 3 is 2.00 bits per heavy atom. The van der Waals surface area contributed by atoms with Crippen molar-refractivity contribution in [2.45, 2.75) is 13.3 Å². The molecule has 144 valence electrons. The summed E-state index contributed by atoms with van der Waals surface area (Å²) in [4.78, 5) is 12.2. The number of carbonyl (C=O) groups excluding carboxylic acids is 1. The fraction of sp³-hybridized carbons (Fsp3) is 0.300. The summed E-state index contributed by atoms with van der Waals surface area (Å²) in [6, 6.07) is 10.8. The first kappa shape index (κ1) is 20.1. The molecule has 0 bridgehead atoms. The smallest absolute Gasteiger partial charge is 0.244 e. The molecular weight excluding hydrogens is 348 g/mol. The maximum absolute atomic E-state index is 12.2. The number of carbonyl (C=O) groups is 1.